The van der Waals surface area contributed by atoms with Crippen molar-refractivity contribution >= 4 is 17.0 Å². The first-order valence-corrected chi connectivity index (χ1v) is 4.26. The first kappa shape index (κ1) is 9.39. The second kappa shape index (κ2) is 3.53. The lowest BCUT2D eigenvalue weighted by molar-refractivity contribution is -0.400. The van der Waals surface area contributed by atoms with Gasteiger partial charge in [-0.3, -0.25) is 10.1 Å². The van der Waals surface area contributed by atoms with E-state index in [1.807, 2.05) is 0 Å². The summed E-state index contributed by atoms with van der Waals surface area (Å²) in [6.07, 6.45) is 3.69. The molecule has 2 aromatic rings. The van der Waals surface area contributed by atoms with Crippen LogP contribution in [0.3, 0.4) is 0 Å². The average Bonchev–Trinajstić information content (AvgIpc) is 2.59. The minimum Gasteiger partial charge on any atom is -0.358 e. The largest absolute Gasteiger partial charge is 0.358 e. The van der Waals surface area contributed by atoms with Gasteiger partial charge in [0.15, 0.2) is 0 Å². The fourth-order valence-corrected chi connectivity index (χ4v) is 1.42. The Morgan fingerprint density at radius 1 is 1.47 bits per heavy atom. The molecule has 2 rings (SSSR count). The quantitative estimate of drug-likeness (QED) is 0.606. The Kier molecular flexibility index (Phi) is 2.21. The molecule has 1 heterocycles. The second-order valence-electron chi connectivity index (χ2n) is 3.01. The number of nitrogens with one attached hydrogen (secondary N) is 1. The number of rotatable bonds is 2. The highest BCUT2D eigenvalue weighted by Crippen LogP contribution is 2.21. The van der Waals surface area contributed by atoms with Crippen molar-refractivity contribution in [3.8, 4) is 0 Å². The maximum Gasteiger partial charge on any atom is 0.235 e. The number of benzene rings is 1. The molecule has 4 nitrogen and oxygen atoms in total. The number of halogens is 1. The third kappa shape index (κ3) is 1.71. The molecular weight excluding hydrogens is 199 g/mol. The van der Waals surface area contributed by atoms with Gasteiger partial charge in [-0.25, -0.2) is 4.39 Å². The van der Waals surface area contributed by atoms with Gasteiger partial charge in [-0.1, -0.05) is 12.1 Å². The summed E-state index contributed by atoms with van der Waals surface area (Å²) in [4.78, 5) is 12.3. The van der Waals surface area contributed by atoms with Gasteiger partial charge in [0.25, 0.3) is 0 Å². The lowest BCUT2D eigenvalue weighted by Gasteiger charge is -1.91. The molecule has 0 unspecified atom stereocenters. The highest BCUT2D eigenvalue weighted by molar-refractivity contribution is 5.88. The number of para-hydroxylation sites is 1. The molecule has 0 bridgehead atoms. The van der Waals surface area contributed by atoms with E-state index in [4.69, 9.17) is 0 Å². The Labute approximate surface area is 84.2 Å². The van der Waals surface area contributed by atoms with Crippen LogP contribution in [0.4, 0.5) is 4.39 Å². The summed E-state index contributed by atoms with van der Waals surface area (Å²) in [5.74, 6) is -0.367. The molecule has 76 valence electrons. The van der Waals surface area contributed by atoms with Gasteiger partial charge < -0.3 is 4.98 Å². The molecule has 1 N–H and O–H groups in total. The van der Waals surface area contributed by atoms with Crippen LogP contribution in [0.25, 0.3) is 17.0 Å². The third-order valence-corrected chi connectivity index (χ3v) is 2.07. The van der Waals surface area contributed by atoms with Crippen molar-refractivity contribution in [2.24, 2.45) is 0 Å². The van der Waals surface area contributed by atoms with Gasteiger partial charge in [0.05, 0.1) is 10.4 Å². The molecule has 0 amide bonds. The lowest BCUT2D eigenvalue weighted by Crippen LogP contribution is -1.81. The van der Waals surface area contributed by atoms with Gasteiger partial charge in [-0.05, 0) is 6.07 Å². The lowest BCUT2D eigenvalue weighted by atomic mass is 10.2. The average molecular weight is 206 g/mol. The van der Waals surface area contributed by atoms with E-state index in [1.165, 1.54) is 18.3 Å². The number of H-pyrrole nitrogens is 1. The first-order valence-electron chi connectivity index (χ1n) is 4.26. The predicted molar refractivity (Wildman–Crippen MR) is 54.3 cm³/mol. The third-order valence-electron chi connectivity index (χ3n) is 2.07. The topological polar surface area (TPSA) is 58.9 Å². The van der Waals surface area contributed by atoms with Gasteiger partial charge in [0.1, 0.15) is 5.82 Å². The van der Waals surface area contributed by atoms with Gasteiger partial charge >= 0.3 is 0 Å². The minimum atomic E-state index is -0.557. The maximum atomic E-state index is 13.2. The highest BCUT2D eigenvalue weighted by Gasteiger charge is 2.05. The molecule has 1 aromatic carbocycles. The maximum absolute atomic E-state index is 13.2. The van der Waals surface area contributed by atoms with E-state index in [-0.39, 0.29) is 5.82 Å². The summed E-state index contributed by atoms with van der Waals surface area (Å²) in [7, 11) is 0. The molecule has 5 heteroatoms. The van der Waals surface area contributed by atoms with Crippen molar-refractivity contribution in [3.05, 3.63) is 52.1 Å². The predicted octanol–water partition coefficient (Wildman–Crippen LogP) is 2.55. The molecule has 0 fully saturated rings. The van der Waals surface area contributed by atoms with E-state index in [9.17, 15) is 14.5 Å². The molecular formula is C10H7FN2O2. The van der Waals surface area contributed by atoms with Crippen molar-refractivity contribution in [2.75, 3.05) is 0 Å². The number of aromatic amines is 1. The monoisotopic (exact) mass is 206 g/mol. The highest BCUT2D eigenvalue weighted by atomic mass is 19.1. The fraction of sp³-hybridized carbons (Fsp3) is 0. The van der Waals surface area contributed by atoms with Crippen LogP contribution < -0.4 is 0 Å². The van der Waals surface area contributed by atoms with Crippen LogP contribution in [0, 0.1) is 15.9 Å². The van der Waals surface area contributed by atoms with Crippen molar-refractivity contribution < 1.29 is 9.31 Å². The zero-order valence-corrected chi connectivity index (χ0v) is 7.61. The number of nitrogens with zero attached hydrogens (tertiary/aromatic N) is 1. The summed E-state index contributed by atoms with van der Waals surface area (Å²) in [5, 5.41) is 10.8. The Bertz CT molecular complexity index is 545. The van der Waals surface area contributed by atoms with Gasteiger partial charge in [0.2, 0.25) is 6.20 Å². The molecule has 0 saturated carbocycles. The van der Waals surface area contributed by atoms with Crippen LogP contribution in [-0.4, -0.2) is 9.91 Å². The smallest absolute Gasteiger partial charge is 0.235 e. The van der Waals surface area contributed by atoms with E-state index in [2.05, 4.69) is 4.98 Å². The zero-order chi connectivity index (χ0) is 10.8. The van der Waals surface area contributed by atoms with Crippen LogP contribution in [-0.2, 0) is 0 Å². The SMILES string of the molecule is O=[N+]([O-])/C=C/c1c[nH]c2c(F)cccc12. The molecule has 15 heavy (non-hydrogen) atoms. The number of fused-ring (bicyclic) bond motifs is 1. The van der Waals surface area contributed by atoms with Crippen molar-refractivity contribution in [1.29, 1.82) is 0 Å². The number of hydrogen-bond donors (Lipinski definition) is 1. The van der Waals surface area contributed by atoms with Crippen molar-refractivity contribution in [3.63, 3.8) is 0 Å². The number of nitro groups is 1. The standard InChI is InChI=1S/C10H7FN2O2/c11-9-3-1-2-8-7(4-5-13(14)15)6-12-10(8)9/h1-6,12H/b5-4+. The summed E-state index contributed by atoms with van der Waals surface area (Å²) in [5.41, 5.74) is 0.960. The molecule has 0 aliphatic rings. The Hall–Kier alpha value is -2.17. The molecule has 0 radical (unpaired) electrons. The van der Waals surface area contributed by atoms with Crippen LogP contribution in [0.2, 0.25) is 0 Å². The van der Waals surface area contributed by atoms with E-state index in [0.717, 1.165) is 6.20 Å². The molecule has 0 aliphatic carbocycles. The van der Waals surface area contributed by atoms with Gasteiger partial charge in [0, 0.05) is 23.2 Å². The van der Waals surface area contributed by atoms with E-state index in [0.29, 0.717) is 16.5 Å². The Morgan fingerprint density at radius 3 is 3.00 bits per heavy atom. The van der Waals surface area contributed by atoms with Gasteiger partial charge in [-0.2, -0.15) is 0 Å². The van der Waals surface area contributed by atoms with Crippen molar-refractivity contribution in [1.82, 2.24) is 4.98 Å². The Morgan fingerprint density at radius 2 is 2.27 bits per heavy atom. The fourth-order valence-electron chi connectivity index (χ4n) is 1.42. The summed E-state index contributed by atoms with van der Waals surface area (Å²) >= 11 is 0. The van der Waals surface area contributed by atoms with Gasteiger partial charge in [-0.15, -0.1) is 0 Å². The van der Waals surface area contributed by atoms with Crippen LogP contribution >= 0.6 is 0 Å². The number of aromatic nitrogens is 1. The van der Waals surface area contributed by atoms with Crippen molar-refractivity contribution in [2.45, 2.75) is 0 Å². The molecule has 0 aliphatic heterocycles. The van der Waals surface area contributed by atoms with Crippen LogP contribution in [0.5, 0.6) is 0 Å². The van der Waals surface area contributed by atoms with Crippen LogP contribution in [0.1, 0.15) is 5.56 Å². The summed E-state index contributed by atoms with van der Waals surface area (Å²) < 4.78 is 13.2. The zero-order valence-electron chi connectivity index (χ0n) is 7.61. The first-order chi connectivity index (χ1) is 7.18. The minimum absolute atomic E-state index is 0.362. The Balaban J connectivity index is 2.54. The van der Waals surface area contributed by atoms with E-state index < -0.39 is 4.92 Å². The molecule has 0 spiro atoms. The van der Waals surface area contributed by atoms with E-state index >= 15 is 0 Å². The molecule has 0 saturated heterocycles. The summed E-state index contributed by atoms with van der Waals surface area (Å²) in [6, 6.07) is 4.60. The van der Waals surface area contributed by atoms with E-state index in [1.54, 1.807) is 12.1 Å². The second-order valence-corrected chi connectivity index (χ2v) is 3.01. The van der Waals surface area contributed by atoms with Crippen LogP contribution in [0.15, 0.2) is 30.6 Å². The molecule has 1 aromatic heterocycles. The normalized spacial score (nSPS) is 11.3. The number of hydrogen-bond acceptors (Lipinski definition) is 2. The summed E-state index contributed by atoms with van der Waals surface area (Å²) in [6.45, 7) is 0. The molecule has 0 atom stereocenters.